The first kappa shape index (κ1) is 11.4. The maximum Gasteiger partial charge on any atom is 0.144 e. The third-order valence-electron chi connectivity index (χ3n) is 1.89. The van der Waals surface area contributed by atoms with E-state index in [0.717, 1.165) is 28.4 Å². The molecule has 0 aliphatic heterocycles. The zero-order chi connectivity index (χ0) is 10.7. The molecular formula is C10H16BrN3. The molecule has 0 unspecified atom stereocenters. The molecule has 1 rings (SSSR count). The quantitative estimate of drug-likeness (QED) is 0.905. The molecule has 1 aromatic rings. The fourth-order valence-corrected chi connectivity index (χ4v) is 1.44. The van der Waals surface area contributed by atoms with Crippen LogP contribution in [0.1, 0.15) is 38.2 Å². The van der Waals surface area contributed by atoms with Gasteiger partial charge in [-0.2, -0.15) is 0 Å². The fraction of sp³-hybridized carbons (Fsp3) is 0.600. The summed E-state index contributed by atoms with van der Waals surface area (Å²) >= 11 is 3.48. The highest BCUT2D eigenvalue weighted by atomic mass is 79.9. The van der Waals surface area contributed by atoms with E-state index >= 15 is 0 Å². The van der Waals surface area contributed by atoms with Gasteiger partial charge >= 0.3 is 0 Å². The number of rotatable bonds is 3. The highest BCUT2D eigenvalue weighted by molar-refractivity contribution is 9.10. The van der Waals surface area contributed by atoms with Gasteiger partial charge in [0.2, 0.25) is 0 Å². The molecule has 0 spiro atoms. The van der Waals surface area contributed by atoms with Gasteiger partial charge in [-0.15, -0.1) is 0 Å². The van der Waals surface area contributed by atoms with E-state index in [4.69, 9.17) is 0 Å². The SMILES string of the molecule is CCNc1nc(C(C)C)nc(C)c1Br. The highest BCUT2D eigenvalue weighted by Crippen LogP contribution is 2.24. The Morgan fingerprint density at radius 1 is 1.36 bits per heavy atom. The van der Waals surface area contributed by atoms with Crippen molar-refractivity contribution in [3.05, 3.63) is 16.0 Å². The molecule has 0 radical (unpaired) electrons. The molecule has 4 heteroatoms. The third-order valence-corrected chi connectivity index (χ3v) is 2.84. The van der Waals surface area contributed by atoms with E-state index in [1.807, 2.05) is 6.92 Å². The van der Waals surface area contributed by atoms with Crippen molar-refractivity contribution in [3.63, 3.8) is 0 Å². The molecule has 1 N–H and O–H groups in total. The van der Waals surface area contributed by atoms with Crippen molar-refractivity contribution in [1.82, 2.24) is 9.97 Å². The van der Waals surface area contributed by atoms with Gasteiger partial charge in [0, 0.05) is 12.5 Å². The number of hydrogen-bond donors (Lipinski definition) is 1. The van der Waals surface area contributed by atoms with Crippen LogP contribution < -0.4 is 5.32 Å². The van der Waals surface area contributed by atoms with Gasteiger partial charge in [-0.25, -0.2) is 9.97 Å². The molecule has 0 fully saturated rings. The Balaban J connectivity index is 3.14. The van der Waals surface area contributed by atoms with Crippen LogP contribution in [0.3, 0.4) is 0 Å². The Bertz CT molecular complexity index is 323. The molecule has 0 saturated carbocycles. The molecule has 0 saturated heterocycles. The van der Waals surface area contributed by atoms with Crippen molar-refractivity contribution >= 4 is 21.7 Å². The van der Waals surface area contributed by atoms with Crippen LogP contribution in [0.5, 0.6) is 0 Å². The van der Waals surface area contributed by atoms with Gasteiger partial charge < -0.3 is 5.32 Å². The lowest BCUT2D eigenvalue weighted by Gasteiger charge is -2.11. The van der Waals surface area contributed by atoms with Crippen molar-refractivity contribution < 1.29 is 0 Å². The molecule has 0 aromatic carbocycles. The molecule has 78 valence electrons. The molecule has 0 aliphatic rings. The minimum absolute atomic E-state index is 0.360. The zero-order valence-electron chi connectivity index (χ0n) is 9.06. The number of aryl methyl sites for hydroxylation is 1. The van der Waals surface area contributed by atoms with Crippen LogP contribution in [0.15, 0.2) is 4.47 Å². The molecule has 3 nitrogen and oxygen atoms in total. The van der Waals surface area contributed by atoms with Gasteiger partial charge in [0.05, 0.1) is 10.2 Å². The van der Waals surface area contributed by atoms with E-state index in [0.29, 0.717) is 5.92 Å². The van der Waals surface area contributed by atoms with Crippen LogP contribution >= 0.6 is 15.9 Å². The summed E-state index contributed by atoms with van der Waals surface area (Å²) < 4.78 is 0.962. The molecule has 1 heterocycles. The van der Waals surface area contributed by atoms with E-state index in [-0.39, 0.29) is 0 Å². The lowest BCUT2D eigenvalue weighted by Crippen LogP contribution is -2.07. The summed E-state index contributed by atoms with van der Waals surface area (Å²) in [6, 6.07) is 0. The maximum atomic E-state index is 4.45. The first-order chi connectivity index (χ1) is 6.56. The van der Waals surface area contributed by atoms with E-state index < -0.39 is 0 Å². The zero-order valence-corrected chi connectivity index (χ0v) is 10.6. The summed E-state index contributed by atoms with van der Waals surface area (Å²) in [5.41, 5.74) is 0.986. The second-order valence-electron chi connectivity index (χ2n) is 3.51. The maximum absolute atomic E-state index is 4.45. The summed E-state index contributed by atoms with van der Waals surface area (Å²) in [7, 11) is 0. The van der Waals surface area contributed by atoms with E-state index in [2.05, 4.69) is 52.0 Å². The van der Waals surface area contributed by atoms with Gasteiger partial charge in [0.25, 0.3) is 0 Å². The van der Waals surface area contributed by atoms with Crippen LogP contribution in [-0.4, -0.2) is 16.5 Å². The second-order valence-corrected chi connectivity index (χ2v) is 4.31. The summed E-state index contributed by atoms with van der Waals surface area (Å²) in [4.78, 5) is 8.87. The van der Waals surface area contributed by atoms with Crippen LogP contribution in [0.25, 0.3) is 0 Å². The normalized spacial score (nSPS) is 10.7. The van der Waals surface area contributed by atoms with Crippen LogP contribution in [-0.2, 0) is 0 Å². The van der Waals surface area contributed by atoms with E-state index in [9.17, 15) is 0 Å². The van der Waals surface area contributed by atoms with Gasteiger partial charge in [0.15, 0.2) is 0 Å². The van der Waals surface area contributed by atoms with E-state index in [1.54, 1.807) is 0 Å². The summed E-state index contributed by atoms with van der Waals surface area (Å²) in [6.07, 6.45) is 0. The van der Waals surface area contributed by atoms with Crippen molar-refractivity contribution in [2.45, 2.75) is 33.6 Å². The number of aromatic nitrogens is 2. The Labute approximate surface area is 93.5 Å². The molecule has 0 atom stereocenters. The number of halogens is 1. The Morgan fingerprint density at radius 3 is 2.50 bits per heavy atom. The van der Waals surface area contributed by atoms with Crippen LogP contribution in [0.4, 0.5) is 5.82 Å². The van der Waals surface area contributed by atoms with Crippen molar-refractivity contribution in [2.75, 3.05) is 11.9 Å². The topological polar surface area (TPSA) is 37.8 Å². The van der Waals surface area contributed by atoms with Crippen LogP contribution in [0, 0.1) is 6.92 Å². The smallest absolute Gasteiger partial charge is 0.144 e. The largest absolute Gasteiger partial charge is 0.369 e. The van der Waals surface area contributed by atoms with Crippen molar-refractivity contribution in [2.24, 2.45) is 0 Å². The second kappa shape index (κ2) is 4.73. The number of nitrogens with one attached hydrogen (secondary N) is 1. The highest BCUT2D eigenvalue weighted by Gasteiger charge is 2.10. The van der Waals surface area contributed by atoms with E-state index in [1.165, 1.54) is 0 Å². The first-order valence-electron chi connectivity index (χ1n) is 4.84. The predicted octanol–water partition coefficient (Wildman–Crippen LogP) is 3.10. The molecule has 0 amide bonds. The van der Waals surface area contributed by atoms with Crippen molar-refractivity contribution in [3.8, 4) is 0 Å². The number of hydrogen-bond acceptors (Lipinski definition) is 3. The molecule has 14 heavy (non-hydrogen) atoms. The predicted molar refractivity (Wildman–Crippen MR) is 62.7 cm³/mol. The monoisotopic (exact) mass is 257 g/mol. The van der Waals surface area contributed by atoms with Crippen LogP contribution in [0.2, 0.25) is 0 Å². The van der Waals surface area contributed by atoms with Gasteiger partial charge in [-0.05, 0) is 29.8 Å². The van der Waals surface area contributed by atoms with Gasteiger partial charge in [-0.1, -0.05) is 13.8 Å². The average molecular weight is 258 g/mol. The Morgan fingerprint density at radius 2 is 2.00 bits per heavy atom. The summed E-state index contributed by atoms with van der Waals surface area (Å²) in [5.74, 6) is 2.14. The fourth-order valence-electron chi connectivity index (χ4n) is 1.12. The average Bonchev–Trinajstić information content (AvgIpc) is 2.12. The molecule has 1 aromatic heterocycles. The third kappa shape index (κ3) is 2.44. The van der Waals surface area contributed by atoms with Crippen molar-refractivity contribution in [1.29, 1.82) is 0 Å². The summed E-state index contributed by atoms with van der Waals surface area (Å²) in [6.45, 7) is 9.10. The summed E-state index contributed by atoms with van der Waals surface area (Å²) in [5, 5.41) is 3.21. The lowest BCUT2D eigenvalue weighted by molar-refractivity contribution is 0.765. The first-order valence-corrected chi connectivity index (χ1v) is 5.63. The number of anilines is 1. The molecule has 0 bridgehead atoms. The minimum Gasteiger partial charge on any atom is -0.369 e. The number of nitrogens with zero attached hydrogens (tertiary/aromatic N) is 2. The standard InChI is InChI=1S/C10H16BrN3/c1-5-12-10-8(11)7(4)13-9(14-10)6(2)3/h6H,5H2,1-4H3,(H,12,13,14). The minimum atomic E-state index is 0.360. The Kier molecular flexibility index (Phi) is 3.86. The Hall–Kier alpha value is -0.640. The van der Waals surface area contributed by atoms with Gasteiger partial charge in [0.1, 0.15) is 11.6 Å². The lowest BCUT2D eigenvalue weighted by atomic mass is 10.2. The van der Waals surface area contributed by atoms with Gasteiger partial charge in [-0.3, -0.25) is 0 Å². The molecule has 0 aliphatic carbocycles. The molecular weight excluding hydrogens is 242 g/mol.